The van der Waals surface area contributed by atoms with Gasteiger partial charge in [0.2, 0.25) is 0 Å². The molecule has 2 nitrogen and oxygen atoms in total. The number of rotatable bonds is 5. The number of hydrogen-bond acceptors (Lipinski definition) is 2. The number of fused-ring (bicyclic) bond motifs is 1. The number of likely N-dealkylation sites (tertiary alicyclic amines) is 1. The second-order valence-corrected chi connectivity index (χ2v) is 9.16. The summed E-state index contributed by atoms with van der Waals surface area (Å²) in [7, 11) is 0. The van der Waals surface area contributed by atoms with Crippen molar-refractivity contribution in [1.29, 1.82) is 0 Å². The zero-order chi connectivity index (χ0) is 18.1. The molecule has 27 heavy (non-hydrogen) atoms. The van der Waals surface area contributed by atoms with Crippen LogP contribution in [-0.4, -0.2) is 42.0 Å². The summed E-state index contributed by atoms with van der Waals surface area (Å²) in [5, 5.41) is 0. The first-order valence-electron chi connectivity index (χ1n) is 11.3. The third-order valence-corrected chi connectivity index (χ3v) is 7.47. The van der Waals surface area contributed by atoms with Crippen LogP contribution < -0.4 is 0 Å². The maximum absolute atomic E-state index is 2.85. The van der Waals surface area contributed by atoms with Crippen molar-refractivity contribution in [2.24, 2.45) is 11.8 Å². The highest BCUT2D eigenvalue weighted by atomic mass is 15.2. The summed E-state index contributed by atoms with van der Waals surface area (Å²) in [6, 6.07) is 10.4. The van der Waals surface area contributed by atoms with E-state index in [4.69, 9.17) is 0 Å². The Hall–Kier alpha value is -1.54. The van der Waals surface area contributed by atoms with Gasteiger partial charge in [-0.2, -0.15) is 0 Å². The summed E-state index contributed by atoms with van der Waals surface area (Å²) in [6.07, 6.45) is 18.0. The fourth-order valence-electron chi connectivity index (χ4n) is 5.86. The summed E-state index contributed by atoms with van der Waals surface area (Å²) in [5.41, 5.74) is 4.61. The molecule has 144 valence electrons. The van der Waals surface area contributed by atoms with Gasteiger partial charge in [-0.25, -0.2) is 0 Å². The van der Waals surface area contributed by atoms with Crippen molar-refractivity contribution >= 4 is 5.57 Å². The van der Waals surface area contributed by atoms with Gasteiger partial charge in [0.1, 0.15) is 0 Å². The van der Waals surface area contributed by atoms with Crippen molar-refractivity contribution in [1.82, 2.24) is 9.80 Å². The van der Waals surface area contributed by atoms with Crippen LogP contribution in [0.5, 0.6) is 0 Å². The molecule has 0 radical (unpaired) electrons. The molecule has 5 rings (SSSR count). The van der Waals surface area contributed by atoms with Crippen LogP contribution in [0.1, 0.15) is 56.1 Å². The summed E-state index contributed by atoms with van der Waals surface area (Å²) in [4.78, 5) is 5.29. The first-order valence-corrected chi connectivity index (χ1v) is 11.3. The SMILES string of the molecule is C1=CN(CCc2ccc(C3=CCC4CN(C5CCCCC5)CC34)cc2)CC1. The molecule has 0 spiro atoms. The largest absolute Gasteiger partial charge is 0.377 e. The first-order chi connectivity index (χ1) is 13.4. The van der Waals surface area contributed by atoms with Crippen molar-refractivity contribution in [3.8, 4) is 0 Å². The van der Waals surface area contributed by atoms with Gasteiger partial charge in [-0.15, -0.1) is 0 Å². The molecule has 4 aliphatic rings. The highest BCUT2D eigenvalue weighted by Crippen LogP contribution is 2.44. The molecule has 2 heterocycles. The van der Waals surface area contributed by atoms with E-state index in [1.165, 1.54) is 75.7 Å². The van der Waals surface area contributed by atoms with E-state index >= 15 is 0 Å². The van der Waals surface area contributed by atoms with Gasteiger partial charge in [-0.3, -0.25) is 4.90 Å². The third kappa shape index (κ3) is 3.74. The molecule has 0 bridgehead atoms. The van der Waals surface area contributed by atoms with Gasteiger partial charge in [0.05, 0.1) is 0 Å². The Morgan fingerprint density at radius 1 is 0.963 bits per heavy atom. The minimum atomic E-state index is 0.785. The van der Waals surface area contributed by atoms with Gasteiger partial charge >= 0.3 is 0 Å². The summed E-state index contributed by atoms with van der Waals surface area (Å²) >= 11 is 0. The zero-order valence-corrected chi connectivity index (χ0v) is 16.7. The highest BCUT2D eigenvalue weighted by Gasteiger charge is 2.40. The molecule has 2 unspecified atom stereocenters. The Kier molecular flexibility index (Phi) is 5.09. The molecule has 2 aliphatic carbocycles. The molecule has 1 saturated carbocycles. The van der Waals surface area contributed by atoms with Gasteiger partial charge < -0.3 is 4.90 Å². The third-order valence-electron chi connectivity index (χ3n) is 7.47. The van der Waals surface area contributed by atoms with Crippen molar-refractivity contribution < 1.29 is 0 Å². The summed E-state index contributed by atoms with van der Waals surface area (Å²) in [5.74, 6) is 1.66. The molecular weight excluding hydrogens is 328 g/mol. The van der Waals surface area contributed by atoms with Crippen molar-refractivity contribution in [3.63, 3.8) is 0 Å². The van der Waals surface area contributed by atoms with Crippen LogP contribution in [0.4, 0.5) is 0 Å². The number of benzene rings is 1. The van der Waals surface area contributed by atoms with E-state index in [0.29, 0.717) is 0 Å². The van der Waals surface area contributed by atoms with Crippen molar-refractivity contribution in [2.45, 2.75) is 57.4 Å². The molecular formula is C25H34N2. The normalized spacial score (nSPS) is 28.7. The minimum Gasteiger partial charge on any atom is -0.377 e. The van der Waals surface area contributed by atoms with Gasteiger partial charge in [0.25, 0.3) is 0 Å². The number of allylic oxidation sites excluding steroid dienone is 1. The number of hydrogen-bond donors (Lipinski definition) is 0. The van der Waals surface area contributed by atoms with Crippen molar-refractivity contribution in [3.05, 3.63) is 53.7 Å². The average molecular weight is 363 g/mol. The minimum absolute atomic E-state index is 0.785. The monoisotopic (exact) mass is 362 g/mol. The Labute approximate surface area is 164 Å². The fraction of sp³-hybridized carbons (Fsp3) is 0.600. The second kappa shape index (κ2) is 7.83. The topological polar surface area (TPSA) is 6.48 Å². The van der Waals surface area contributed by atoms with E-state index in [1.54, 1.807) is 5.57 Å². The van der Waals surface area contributed by atoms with E-state index in [0.717, 1.165) is 30.8 Å². The Morgan fingerprint density at radius 2 is 1.81 bits per heavy atom. The standard InChI is InChI=1S/C25H34N2/c1-2-6-23(7-3-1)27-18-22-12-13-24(25(22)19-27)21-10-8-20(9-11-21)14-17-26-15-4-5-16-26/h4,8-11,13,15,22-23,25H,1-3,5-7,12,14,16-19H2. The van der Waals surface area contributed by atoms with E-state index in [2.05, 4.69) is 52.4 Å². The average Bonchev–Trinajstić information content (AvgIpc) is 3.45. The lowest BCUT2D eigenvalue weighted by atomic mass is 9.90. The molecule has 0 N–H and O–H groups in total. The molecule has 0 amide bonds. The Morgan fingerprint density at radius 3 is 2.59 bits per heavy atom. The first kappa shape index (κ1) is 17.6. The van der Waals surface area contributed by atoms with Gasteiger partial charge in [0, 0.05) is 38.1 Å². The van der Waals surface area contributed by atoms with Crippen LogP contribution in [0, 0.1) is 11.8 Å². The Balaban J connectivity index is 1.20. The van der Waals surface area contributed by atoms with Crippen LogP contribution in [-0.2, 0) is 6.42 Å². The molecule has 1 saturated heterocycles. The fourth-order valence-corrected chi connectivity index (χ4v) is 5.86. The van der Waals surface area contributed by atoms with E-state index in [1.807, 2.05) is 0 Å². The van der Waals surface area contributed by atoms with Gasteiger partial charge in [-0.05, 0) is 60.9 Å². The molecule has 1 aromatic carbocycles. The second-order valence-electron chi connectivity index (χ2n) is 9.16. The predicted molar refractivity (Wildman–Crippen MR) is 113 cm³/mol. The maximum Gasteiger partial charge on any atom is 0.0213 e. The number of nitrogens with zero attached hydrogens (tertiary/aromatic N) is 2. The molecule has 1 aromatic rings. The smallest absolute Gasteiger partial charge is 0.0213 e. The highest BCUT2D eigenvalue weighted by molar-refractivity contribution is 5.70. The zero-order valence-electron chi connectivity index (χ0n) is 16.7. The van der Waals surface area contributed by atoms with Crippen molar-refractivity contribution in [2.75, 3.05) is 26.2 Å². The predicted octanol–water partition coefficient (Wildman–Crippen LogP) is 5.12. The maximum atomic E-state index is 2.85. The van der Waals surface area contributed by atoms with Crippen LogP contribution in [0.15, 0.2) is 42.6 Å². The molecule has 2 atom stereocenters. The Bertz CT molecular complexity index is 696. The lowest BCUT2D eigenvalue weighted by Crippen LogP contribution is -2.35. The summed E-state index contributed by atoms with van der Waals surface area (Å²) < 4.78 is 0. The molecule has 2 aliphatic heterocycles. The van der Waals surface area contributed by atoms with Gasteiger partial charge in [-0.1, -0.05) is 55.7 Å². The molecule has 0 aromatic heterocycles. The van der Waals surface area contributed by atoms with Crippen LogP contribution in [0.25, 0.3) is 5.57 Å². The molecule has 2 fully saturated rings. The molecule has 2 heteroatoms. The van der Waals surface area contributed by atoms with E-state index in [9.17, 15) is 0 Å². The quantitative estimate of drug-likeness (QED) is 0.717. The van der Waals surface area contributed by atoms with Gasteiger partial charge in [0.15, 0.2) is 0 Å². The lowest BCUT2D eigenvalue weighted by molar-refractivity contribution is 0.183. The summed E-state index contributed by atoms with van der Waals surface area (Å²) in [6.45, 7) is 5.01. The van der Waals surface area contributed by atoms with Crippen LogP contribution >= 0.6 is 0 Å². The lowest BCUT2D eigenvalue weighted by Gasteiger charge is -2.31. The van der Waals surface area contributed by atoms with E-state index < -0.39 is 0 Å². The van der Waals surface area contributed by atoms with Crippen LogP contribution in [0.3, 0.4) is 0 Å². The van der Waals surface area contributed by atoms with E-state index in [-0.39, 0.29) is 0 Å². The van der Waals surface area contributed by atoms with Crippen LogP contribution in [0.2, 0.25) is 0 Å².